The van der Waals surface area contributed by atoms with Crippen molar-refractivity contribution in [1.82, 2.24) is 9.78 Å². The van der Waals surface area contributed by atoms with Crippen LogP contribution in [-0.4, -0.2) is 27.0 Å². The third kappa shape index (κ3) is 2.68. The number of aromatic nitrogens is 2. The van der Waals surface area contributed by atoms with E-state index in [1.54, 1.807) is 30.1 Å². The summed E-state index contributed by atoms with van der Waals surface area (Å²) in [6.45, 7) is -0.0818. The number of alkyl halides is 3. The van der Waals surface area contributed by atoms with Crippen molar-refractivity contribution in [3.63, 3.8) is 0 Å². The lowest BCUT2D eigenvalue weighted by Crippen LogP contribution is -2.50. The van der Waals surface area contributed by atoms with Crippen LogP contribution in [0.4, 0.5) is 18.9 Å². The Balaban J connectivity index is 1.66. The Morgan fingerprint density at radius 1 is 1.07 bits per heavy atom. The molecule has 28 heavy (non-hydrogen) atoms. The van der Waals surface area contributed by atoms with Gasteiger partial charge < -0.3 is 10.0 Å². The number of aliphatic hydroxyl groups is 1. The summed E-state index contributed by atoms with van der Waals surface area (Å²) in [7, 11) is 1.80. The van der Waals surface area contributed by atoms with Crippen LogP contribution in [0.1, 0.15) is 11.1 Å². The van der Waals surface area contributed by atoms with Crippen LogP contribution in [0.2, 0.25) is 0 Å². The van der Waals surface area contributed by atoms with Gasteiger partial charge in [-0.15, -0.1) is 0 Å². The molecule has 1 amide bonds. The molecule has 0 bridgehead atoms. The van der Waals surface area contributed by atoms with Gasteiger partial charge in [-0.1, -0.05) is 42.5 Å². The predicted molar refractivity (Wildman–Crippen MR) is 96.2 cm³/mol. The number of para-hydroxylation sites is 1. The Bertz CT molecular complexity index is 1040. The van der Waals surface area contributed by atoms with Gasteiger partial charge in [0.25, 0.3) is 11.5 Å². The van der Waals surface area contributed by atoms with Crippen molar-refractivity contribution in [2.24, 2.45) is 7.05 Å². The molecule has 144 valence electrons. The van der Waals surface area contributed by atoms with Crippen LogP contribution in [0.5, 0.6) is 0 Å². The molecule has 4 rings (SSSR count). The van der Waals surface area contributed by atoms with E-state index < -0.39 is 23.2 Å². The molecule has 3 aromatic rings. The van der Waals surface area contributed by atoms with Crippen molar-refractivity contribution in [1.29, 1.82) is 0 Å². The summed E-state index contributed by atoms with van der Waals surface area (Å²) in [5.41, 5.74) is -1.47. The number of rotatable bonds is 3. The number of aryl methyl sites for hydroxylation is 1. The molecule has 2 aromatic carbocycles. The standard InChI is InChI=1S/C20H16F3N3O2/c1-25-12-15(10-24-25)14-8-6-13(7-9-14)11-26-17-5-3-2-4-16(17)19(28,18(26)27)20(21,22)23/h2-10,12,28H,11H2,1H3. The van der Waals surface area contributed by atoms with E-state index in [0.717, 1.165) is 22.1 Å². The zero-order valence-corrected chi connectivity index (χ0v) is 14.8. The molecule has 0 fully saturated rings. The van der Waals surface area contributed by atoms with Gasteiger partial charge in [0.2, 0.25) is 0 Å². The predicted octanol–water partition coefficient (Wildman–Crippen LogP) is 3.38. The summed E-state index contributed by atoms with van der Waals surface area (Å²) in [5.74, 6) is -1.39. The van der Waals surface area contributed by atoms with Crippen LogP contribution in [0, 0.1) is 0 Å². The lowest BCUT2D eigenvalue weighted by Gasteiger charge is -2.25. The first kappa shape index (κ1) is 18.2. The molecular formula is C20H16F3N3O2. The van der Waals surface area contributed by atoms with E-state index in [1.165, 1.54) is 18.2 Å². The summed E-state index contributed by atoms with van der Waals surface area (Å²) in [4.78, 5) is 13.5. The van der Waals surface area contributed by atoms with Gasteiger partial charge in [-0.3, -0.25) is 9.48 Å². The van der Waals surface area contributed by atoms with Crippen molar-refractivity contribution in [2.75, 3.05) is 4.90 Å². The van der Waals surface area contributed by atoms with Crippen molar-refractivity contribution < 1.29 is 23.1 Å². The zero-order valence-electron chi connectivity index (χ0n) is 14.8. The summed E-state index contributed by atoms with van der Waals surface area (Å²) < 4.78 is 42.2. The van der Waals surface area contributed by atoms with Crippen LogP contribution in [0.3, 0.4) is 0 Å². The van der Waals surface area contributed by atoms with Gasteiger partial charge in [0, 0.05) is 24.4 Å². The van der Waals surface area contributed by atoms with E-state index in [4.69, 9.17) is 0 Å². The number of halogens is 3. The first-order valence-corrected chi connectivity index (χ1v) is 8.50. The minimum Gasteiger partial charge on any atom is -0.368 e. The lowest BCUT2D eigenvalue weighted by molar-refractivity contribution is -0.253. The van der Waals surface area contributed by atoms with Crippen LogP contribution in [0.15, 0.2) is 60.9 Å². The molecule has 8 heteroatoms. The highest BCUT2D eigenvalue weighted by Gasteiger charge is 2.66. The van der Waals surface area contributed by atoms with E-state index in [9.17, 15) is 23.1 Å². The highest BCUT2D eigenvalue weighted by molar-refractivity contribution is 6.07. The number of benzene rings is 2. The number of fused-ring (bicyclic) bond motifs is 1. The molecule has 1 atom stereocenters. The first-order chi connectivity index (χ1) is 13.2. The lowest BCUT2D eigenvalue weighted by atomic mass is 9.95. The Morgan fingerprint density at radius 3 is 2.36 bits per heavy atom. The van der Waals surface area contributed by atoms with Crippen molar-refractivity contribution in [3.05, 3.63) is 72.1 Å². The number of amides is 1. The molecule has 5 nitrogen and oxygen atoms in total. The molecule has 1 aliphatic rings. The van der Waals surface area contributed by atoms with Crippen molar-refractivity contribution >= 4 is 11.6 Å². The number of hydrogen-bond donors (Lipinski definition) is 1. The minimum atomic E-state index is -5.11. The fourth-order valence-corrected chi connectivity index (χ4v) is 3.42. The molecule has 0 saturated carbocycles. The molecular weight excluding hydrogens is 371 g/mol. The average molecular weight is 387 g/mol. The van der Waals surface area contributed by atoms with Gasteiger partial charge in [-0.25, -0.2) is 0 Å². The van der Waals surface area contributed by atoms with Crippen LogP contribution in [-0.2, 0) is 24.0 Å². The summed E-state index contributed by atoms with van der Waals surface area (Å²) >= 11 is 0. The van der Waals surface area contributed by atoms with E-state index in [1.807, 2.05) is 18.3 Å². The quantitative estimate of drug-likeness (QED) is 0.750. The highest BCUT2D eigenvalue weighted by Crippen LogP contribution is 2.49. The third-order valence-electron chi connectivity index (χ3n) is 4.88. The highest BCUT2D eigenvalue weighted by atomic mass is 19.4. The molecule has 0 radical (unpaired) electrons. The maximum absolute atomic E-state index is 13.5. The topological polar surface area (TPSA) is 58.4 Å². The molecule has 0 spiro atoms. The van der Waals surface area contributed by atoms with E-state index in [2.05, 4.69) is 5.10 Å². The minimum absolute atomic E-state index is 0.0589. The molecule has 0 aliphatic carbocycles. The summed E-state index contributed by atoms with van der Waals surface area (Å²) in [5, 5.41) is 14.4. The summed E-state index contributed by atoms with van der Waals surface area (Å²) in [6.07, 6.45) is -1.56. The van der Waals surface area contributed by atoms with Gasteiger partial charge in [-0.2, -0.15) is 18.3 Å². The fourth-order valence-electron chi connectivity index (χ4n) is 3.42. The Morgan fingerprint density at radius 2 is 1.75 bits per heavy atom. The van der Waals surface area contributed by atoms with Crippen LogP contribution in [0.25, 0.3) is 11.1 Å². The van der Waals surface area contributed by atoms with Gasteiger partial charge in [0.1, 0.15) is 0 Å². The first-order valence-electron chi connectivity index (χ1n) is 8.50. The Kier molecular flexibility index (Phi) is 4.04. The smallest absolute Gasteiger partial charge is 0.368 e. The van der Waals surface area contributed by atoms with Crippen LogP contribution >= 0.6 is 0 Å². The zero-order chi connectivity index (χ0) is 20.1. The second kappa shape index (κ2) is 6.20. The Hall–Kier alpha value is -3.13. The maximum Gasteiger partial charge on any atom is 0.430 e. The maximum atomic E-state index is 13.5. The van der Waals surface area contributed by atoms with E-state index in [0.29, 0.717) is 5.56 Å². The SMILES string of the molecule is Cn1cc(-c2ccc(CN3C(=O)C(O)(C(F)(F)F)c4ccccc43)cc2)cn1. The second-order valence-corrected chi connectivity index (χ2v) is 6.72. The van der Waals surface area contributed by atoms with Crippen LogP contribution < -0.4 is 4.90 Å². The van der Waals surface area contributed by atoms with E-state index >= 15 is 0 Å². The normalized spacial score (nSPS) is 19.2. The molecule has 1 unspecified atom stereocenters. The number of carbonyl (C=O) groups is 1. The molecule has 2 heterocycles. The van der Waals surface area contributed by atoms with Crippen molar-refractivity contribution in [3.8, 4) is 11.1 Å². The number of hydrogen-bond acceptors (Lipinski definition) is 3. The monoisotopic (exact) mass is 387 g/mol. The van der Waals surface area contributed by atoms with Gasteiger partial charge in [-0.05, 0) is 17.2 Å². The summed E-state index contributed by atoms with van der Waals surface area (Å²) in [6, 6.07) is 12.5. The number of carbonyl (C=O) groups excluding carboxylic acids is 1. The molecule has 1 aromatic heterocycles. The fraction of sp³-hybridized carbons (Fsp3) is 0.200. The van der Waals surface area contributed by atoms with Gasteiger partial charge in [0.05, 0.1) is 18.4 Å². The molecule has 0 saturated heterocycles. The van der Waals surface area contributed by atoms with Gasteiger partial charge >= 0.3 is 6.18 Å². The largest absolute Gasteiger partial charge is 0.430 e. The average Bonchev–Trinajstić information content (AvgIpc) is 3.19. The second-order valence-electron chi connectivity index (χ2n) is 6.72. The Labute approximate surface area is 158 Å². The van der Waals surface area contributed by atoms with E-state index in [-0.39, 0.29) is 12.2 Å². The molecule has 1 aliphatic heterocycles. The third-order valence-corrected chi connectivity index (χ3v) is 4.88. The number of anilines is 1. The molecule has 1 N–H and O–H groups in total. The van der Waals surface area contributed by atoms with Gasteiger partial charge in [0.15, 0.2) is 0 Å². The van der Waals surface area contributed by atoms with Crippen molar-refractivity contribution in [2.45, 2.75) is 18.3 Å². The number of nitrogens with zero attached hydrogens (tertiary/aromatic N) is 3.